The molecule has 0 saturated heterocycles. The molecule has 0 spiro atoms. The predicted molar refractivity (Wildman–Crippen MR) is 124 cm³/mol. The van der Waals surface area contributed by atoms with E-state index in [4.69, 9.17) is 5.26 Å². The Kier molecular flexibility index (Phi) is 9.19. The molecule has 2 aliphatic carbocycles. The molecule has 2 aliphatic rings. The number of halogens is 1. The molecule has 0 amide bonds. The molecule has 2 fully saturated rings. The molecule has 0 N–H and O–H groups in total. The maximum absolute atomic E-state index is 12.9. The second-order valence-electron chi connectivity index (χ2n) is 9.51. The second kappa shape index (κ2) is 12.1. The van der Waals surface area contributed by atoms with Crippen LogP contribution in [-0.2, 0) is 6.42 Å². The third kappa shape index (κ3) is 7.12. The van der Waals surface area contributed by atoms with E-state index >= 15 is 0 Å². The first-order chi connectivity index (χ1) is 14.7. The van der Waals surface area contributed by atoms with Crippen LogP contribution in [0, 0.1) is 29.1 Å². The van der Waals surface area contributed by atoms with Crippen molar-refractivity contribution in [2.24, 2.45) is 17.8 Å². The average molecular weight is 408 g/mol. The monoisotopic (exact) mass is 407 g/mol. The molecule has 0 unspecified atom stereocenters. The molecule has 2 saturated carbocycles. The van der Waals surface area contributed by atoms with Crippen LogP contribution in [0.1, 0.15) is 94.6 Å². The van der Waals surface area contributed by atoms with Crippen LogP contribution >= 0.6 is 0 Å². The van der Waals surface area contributed by atoms with Gasteiger partial charge in [0.1, 0.15) is 6.07 Å². The van der Waals surface area contributed by atoms with Gasteiger partial charge in [-0.25, -0.2) is 0 Å². The number of aryl methyl sites for hydroxylation is 1. The molecule has 1 aromatic rings. The summed E-state index contributed by atoms with van der Waals surface area (Å²) >= 11 is 0. The Hall–Kier alpha value is -1.88. The highest BCUT2D eigenvalue weighted by Crippen LogP contribution is 2.38. The highest BCUT2D eigenvalue weighted by molar-refractivity contribution is 5.26. The van der Waals surface area contributed by atoms with E-state index in [1.165, 1.54) is 75.8 Å². The van der Waals surface area contributed by atoms with Crippen LogP contribution in [0.5, 0.6) is 0 Å². The predicted octanol–water partition coefficient (Wildman–Crippen LogP) is 8.43. The zero-order chi connectivity index (χ0) is 21.2. The molecule has 3 rings (SSSR count). The topological polar surface area (TPSA) is 23.8 Å². The Morgan fingerprint density at radius 1 is 0.967 bits per heavy atom. The molecule has 0 aliphatic heterocycles. The van der Waals surface area contributed by atoms with Gasteiger partial charge in [0.15, 0.2) is 5.83 Å². The van der Waals surface area contributed by atoms with Crippen molar-refractivity contribution in [3.05, 3.63) is 59.4 Å². The summed E-state index contributed by atoms with van der Waals surface area (Å²) in [6.45, 7) is 2.24. The van der Waals surface area contributed by atoms with Crippen LogP contribution in [0.2, 0.25) is 0 Å². The standard InChI is InChI=1S/C28H38FN/c1-2-4-22-13-17-26(18-14-22)27-19-15-25(16-20-27)12-11-24-9-7-23(8-10-24)5-3-6-28(29)21-30/h6,11-14,17-18,23-25,27H,2-5,7-10,15-16,19-20H2,1H3/t23-,24-,25-,27-. The Labute approximate surface area is 183 Å². The number of hydrogen-bond donors (Lipinski definition) is 0. The van der Waals surface area contributed by atoms with Gasteiger partial charge in [0, 0.05) is 0 Å². The summed E-state index contributed by atoms with van der Waals surface area (Å²) in [6.07, 6.45) is 20.9. The minimum absolute atomic E-state index is 0.630. The van der Waals surface area contributed by atoms with Crippen LogP contribution in [0.3, 0.4) is 0 Å². The Morgan fingerprint density at radius 2 is 1.57 bits per heavy atom. The summed E-state index contributed by atoms with van der Waals surface area (Å²) in [5, 5.41) is 8.47. The molecule has 0 radical (unpaired) electrons. The lowest BCUT2D eigenvalue weighted by Gasteiger charge is -2.29. The van der Waals surface area contributed by atoms with Crippen LogP contribution in [0.25, 0.3) is 0 Å². The number of allylic oxidation sites excluding steroid dienone is 4. The average Bonchev–Trinajstić information content (AvgIpc) is 2.79. The number of hydrogen-bond acceptors (Lipinski definition) is 1. The van der Waals surface area contributed by atoms with Gasteiger partial charge in [-0.15, -0.1) is 0 Å². The maximum Gasteiger partial charge on any atom is 0.196 e. The molecule has 30 heavy (non-hydrogen) atoms. The maximum atomic E-state index is 12.9. The van der Waals surface area contributed by atoms with Gasteiger partial charge >= 0.3 is 0 Å². The molecule has 162 valence electrons. The lowest BCUT2D eigenvalue weighted by atomic mass is 9.77. The van der Waals surface area contributed by atoms with Crippen molar-refractivity contribution in [3.63, 3.8) is 0 Å². The highest BCUT2D eigenvalue weighted by Gasteiger charge is 2.22. The number of benzene rings is 1. The van der Waals surface area contributed by atoms with E-state index in [0.717, 1.165) is 24.2 Å². The minimum atomic E-state index is -0.630. The van der Waals surface area contributed by atoms with Gasteiger partial charge in [-0.1, -0.05) is 49.8 Å². The zero-order valence-corrected chi connectivity index (χ0v) is 18.7. The number of nitriles is 1. The first-order valence-corrected chi connectivity index (χ1v) is 12.2. The van der Waals surface area contributed by atoms with Gasteiger partial charge in [0.25, 0.3) is 0 Å². The molecular weight excluding hydrogens is 369 g/mol. The van der Waals surface area contributed by atoms with Gasteiger partial charge in [0.2, 0.25) is 0 Å². The van der Waals surface area contributed by atoms with E-state index in [2.05, 4.69) is 43.3 Å². The third-order valence-corrected chi connectivity index (χ3v) is 7.31. The van der Waals surface area contributed by atoms with Crippen LogP contribution in [0.4, 0.5) is 4.39 Å². The third-order valence-electron chi connectivity index (χ3n) is 7.31. The molecular formula is C28H38FN. The van der Waals surface area contributed by atoms with Crippen molar-refractivity contribution in [1.82, 2.24) is 0 Å². The summed E-state index contributed by atoms with van der Waals surface area (Å²) in [6, 6.07) is 11.0. The van der Waals surface area contributed by atoms with Gasteiger partial charge < -0.3 is 0 Å². The summed E-state index contributed by atoms with van der Waals surface area (Å²) in [4.78, 5) is 0. The van der Waals surface area contributed by atoms with Crippen LogP contribution in [0.15, 0.2) is 48.3 Å². The van der Waals surface area contributed by atoms with Crippen molar-refractivity contribution < 1.29 is 4.39 Å². The van der Waals surface area contributed by atoms with Crippen molar-refractivity contribution in [2.45, 2.75) is 89.9 Å². The van der Waals surface area contributed by atoms with Crippen LogP contribution < -0.4 is 0 Å². The molecule has 0 bridgehead atoms. The SMILES string of the molecule is CCCc1ccc([C@H]2CC[C@H](C=C[C@H]3CC[C@H](CCC=C(F)C#N)CC3)CC2)cc1. The molecule has 0 heterocycles. The van der Waals surface area contributed by atoms with E-state index < -0.39 is 5.83 Å². The normalized spacial score (nSPS) is 27.8. The zero-order valence-electron chi connectivity index (χ0n) is 18.7. The summed E-state index contributed by atoms with van der Waals surface area (Å²) in [5.74, 6) is 2.32. The van der Waals surface area contributed by atoms with Gasteiger partial charge in [-0.2, -0.15) is 9.65 Å². The Morgan fingerprint density at radius 3 is 2.13 bits per heavy atom. The van der Waals surface area contributed by atoms with Gasteiger partial charge in [0.05, 0.1) is 0 Å². The van der Waals surface area contributed by atoms with E-state index in [1.807, 2.05) is 0 Å². The Balaban J connectivity index is 1.36. The fraction of sp³-hybridized carbons (Fsp3) is 0.607. The smallest absolute Gasteiger partial charge is 0.195 e. The minimum Gasteiger partial charge on any atom is -0.195 e. The quantitative estimate of drug-likeness (QED) is 0.313. The van der Waals surface area contributed by atoms with Crippen LogP contribution in [-0.4, -0.2) is 0 Å². The first kappa shape index (κ1) is 22.8. The summed E-state index contributed by atoms with van der Waals surface area (Å²) < 4.78 is 12.9. The lowest BCUT2D eigenvalue weighted by Crippen LogP contribution is -2.14. The highest BCUT2D eigenvalue weighted by atomic mass is 19.1. The Bertz CT molecular complexity index is 723. The molecule has 1 nitrogen and oxygen atoms in total. The molecule has 0 aromatic heterocycles. The van der Waals surface area contributed by atoms with Crippen molar-refractivity contribution in [2.75, 3.05) is 0 Å². The largest absolute Gasteiger partial charge is 0.196 e. The van der Waals surface area contributed by atoms with Crippen molar-refractivity contribution in [3.8, 4) is 6.07 Å². The summed E-state index contributed by atoms with van der Waals surface area (Å²) in [5.41, 5.74) is 3.01. The summed E-state index contributed by atoms with van der Waals surface area (Å²) in [7, 11) is 0. The lowest BCUT2D eigenvalue weighted by molar-refractivity contribution is 0.295. The molecule has 1 aromatic carbocycles. The van der Waals surface area contributed by atoms with E-state index in [1.54, 1.807) is 11.6 Å². The van der Waals surface area contributed by atoms with E-state index in [9.17, 15) is 4.39 Å². The van der Waals surface area contributed by atoms with Gasteiger partial charge in [-0.3, -0.25) is 0 Å². The van der Waals surface area contributed by atoms with Crippen molar-refractivity contribution >= 4 is 0 Å². The van der Waals surface area contributed by atoms with Crippen molar-refractivity contribution in [1.29, 1.82) is 5.26 Å². The van der Waals surface area contributed by atoms with Gasteiger partial charge in [-0.05, 0) is 112 Å². The fourth-order valence-corrected chi connectivity index (χ4v) is 5.37. The van der Waals surface area contributed by atoms with E-state index in [-0.39, 0.29) is 0 Å². The number of rotatable bonds is 8. The molecule has 2 heteroatoms. The fourth-order valence-electron chi connectivity index (χ4n) is 5.37. The number of nitrogens with zero attached hydrogens (tertiary/aromatic N) is 1. The molecule has 0 atom stereocenters. The first-order valence-electron chi connectivity index (χ1n) is 12.2. The second-order valence-corrected chi connectivity index (χ2v) is 9.51. The van der Waals surface area contributed by atoms with E-state index in [0.29, 0.717) is 12.3 Å².